The number of carbonyl (C=O) groups excluding carboxylic acids is 1. The standard InChI is InChI=1S/CH2BIO2/c2-1(4)5-3/h2H2. The number of rotatable bonds is 0. The van der Waals surface area contributed by atoms with Crippen molar-refractivity contribution in [3.63, 3.8) is 0 Å². The van der Waals surface area contributed by atoms with Gasteiger partial charge in [0.25, 0.3) is 5.87 Å². The molecule has 0 atom stereocenters. The quantitative estimate of drug-likeness (QED) is 0.394. The van der Waals surface area contributed by atoms with Gasteiger partial charge in [-0.2, -0.15) is 0 Å². The lowest BCUT2D eigenvalue weighted by atomic mass is 10.2. The van der Waals surface area contributed by atoms with Crippen LogP contribution in [0.15, 0.2) is 0 Å². The number of hydrogen-bond donors (Lipinski definition) is 0. The second-order valence-electron chi connectivity index (χ2n) is 0.569. The summed E-state index contributed by atoms with van der Waals surface area (Å²) in [5.41, 5.74) is 0. The van der Waals surface area contributed by atoms with Gasteiger partial charge in [-0.25, -0.2) is 0 Å². The van der Waals surface area contributed by atoms with E-state index in [2.05, 4.69) is 3.07 Å². The Bertz CT molecular complexity index is 44.9. The Balaban J connectivity index is 2.85. The molecule has 0 rings (SSSR count). The second-order valence-corrected chi connectivity index (χ2v) is 1.01. The first kappa shape index (κ1) is 5.26. The predicted octanol–water partition coefficient (Wildman–Crippen LogP) is 0.106. The van der Waals surface area contributed by atoms with Crippen LogP contribution in [0.5, 0.6) is 0 Å². The molecule has 0 aromatic carbocycles. The molecule has 0 amide bonds. The van der Waals surface area contributed by atoms with Gasteiger partial charge < -0.3 is 3.07 Å². The normalized spacial score (nSPS) is 6.60. The number of hydrogen-bond acceptors (Lipinski definition) is 2. The van der Waals surface area contributed by atoms with Crippen molar-refractivity contribution >= 4 is 36.7 Å². The first-order valence-corrected chi connectivity index (χ1v) is 1.94. The van der Waals surface area contributed by atoms with Crippen LogP contribution in [0.2, 0.25) is 0 Å². The van der Waals surface area contributed by atoms with Gasteiger partial charge in [-0.3, -0.25) is 4.79 Å². The Kier molecular flexibility index (Phi) is 2.63. The lowest BCUT2D eigenvalue weighted by molar-refractivity contribution is 0.238. The first-order valence-electron chi connectivity index (χ1n) is 1.06. The fourth-order valence-electron chi connectivity index (χ4n) is 0. The lowest BCUT2D eigenvalue weighted by Crippen LogP contribution is -1.86. The zero-order valence-corrected chi connectivity index (χ0v) is 4.85. The van der Waals surface area contributed by atoms with Crippen LogP contribution in [0.4, 0.5) is 4.79 Å². The van der Waals surface area contributed by atoms with Crippen molar-refractivity contribution < 1.29 is 7.86 Å². The van der Waals surface area contributed by atoms with Gasteiger partial charge in [-0.05, 0) is 0 Å². The summed E-state index contributed by atoms with van der Waals surface area (Å²) in [6, 6.07) is 0. The van der Waals surface area contributed by atoms with E-state index in [-0.39, 0.29) is 5.87 Å². The van der Waals surface area contributed by atoms with Gasteiger partial charge in [0.15, 0.2) is 23.0 Å². The summed E-state index contributed by atoms with van der Waals surface area (Å²) in [6.07, 6.45) is 0. The molecule has 2 nitrogen and oxygen atoms in total. The third-order valence-electron chi connectivity index (χ3n) is 0.109. The van der Waals surface area contributed by atoms with Gasteiger partial charge in [-0.15, -0.1) is 0 Å². The highest BCUT2D eigenvalue weighted by Crippen LogP contribution is 1.81. The maximum atomic E-state index is 9.58. The van der Waals surface area contributed by atoms with Gasteiger partial charge in [0.1, 0.15) is 0 Å². The number of carbonyl (C=O) groups is 1. The zero-order valence-electron chi connectivity index (χ0n) is 2.69. The highest BCUT2D eigenvalue weighted by molar-refractivity contribution is 14.1. The summed E-state index contributed by atoms with van der Waals surface area (Å²) in [5.74, 6) is -0.259. The summed E-state index contributed by atoms with van der Waals surface area (Å²) in [6.45, 7) is 0. The van der Waals surface area contributed by atoms with Gasteiger partial charge in [0.2, 0.25) is 7.85 Å². The van der Waals surface area contributed by atoms with E-state index in [0.29, 0.717) is 0 Å². The summed E-state index contributed by atoms with van der Waals surface area (Å²) in [4.78, 5) is 9.58. The van der Waals surface area contributed by atoms with E-state index in [0.717, 1.165) is 0 Å². The van der Waals surface area contributed by atoms with Crippen LogP contribution in [0, 0.1) is 0 Å². The van der Waals surface area contributed by atoms with Crippen LogP contribution in [-0.2, 0) is 3.07 Å². The Morgan fingerprint density at radius 2 is 2.20 bits per heavy atom. The minimum atomic E-state index is -0.259. The average molecular weight is 184 g/mol. The molecule has 0 unspecified atom stereocenters. The van der Waals surface area contributed by atoms with Crippen LogP contribution in [0.25, 0.3) is 0 Å². The Morgan fingerprint density at radius 1 is 2.00 bits per heavy atom. The molecule has 0 aliphatic carbocycles. The van der Waals surface area contributed by atoms with Gasteiger partial charge in [-0.1, -0.05) is 0 Å². The topological polar surface area (TPSA) is 26.3 Å². The number of halogens is 1. The van der Waals surface area contributed by atoms with Crippen molar-refractivity contribution in [1.82, 2.24) is 0 Å². The average Bonchev–Trinajstić information content (AvgIpc) is 1.38. The Labute approximate surface area is 45.0 Å². The first-order chi connectivity index (χ1) is 2.27. The monoisotopic (exact) mass is 184 g/mol. The molecule has 0 saturated heterocycles. The molecule has 0 aromatic rings. The van der Waals surface area contributed by atoms with Crippen molar-refractivity contribution in [1.29, 1.82) is 0 Å². The molecule has 4 heteroatoms. The molecule has 28 valence electrons. The van der Waals surface area contributed by atoms with Crippen molar-refractivity contribution in [3.05, 3.63) is 0 Å². The molecule has 0 fully saturated rings. The summed E-state index contributed by atoms with van der Waals surface area (Å²) in [7, 11) is 1.35. The van der Waals surface area contributed by atoms with Crippen LogP contribution in [0.3, 0.4) is 0 Å². The maximum absolute atomic E-state index is 9.58. The van der Waals surface area contributed by atoms with Crippen LogP contribution in [0.1, 0.15) is 0 Å². The van der Waals surface area contributed by atoms with Crippen LogP contribution in [-0.4, -0.2) is 13.7 Å². The highest BCUT2D eigenvalue weighted by atomic mass is 127. The fraction of sp³-hybridized carbons (Fsp3) is 0. The van der Waals surface area contributed by atoms with Crippen molar-refractivity contribution in [2.24, 2.45) is 0 Å². The summed E-state index contributed by atoms with van der Waals surface area (Å²) >= 11 is 1.53. The summed E-state index contributed by atoms with van der Waals surface area (Å²) in [5, 5.41) is 0. The maximum Gasteiger partial charge on any atom is 0.253 e. The second kappa shape index (κ2) is 2.50. The molecule has 0 radical (unpaired) electrons. The summed E-state index contributed by atoms with van der Waals surface area (Å²) < 4.78 is 4.08. The SMILES string of the molecule is BC(=O)OI. The molecule has 0 N–H and O–H groups in total. The molecule has 0 saturated carbocycles. The largest absolute Gasteiger partial charge is 0.404 e. The molecule has 0 heterocycles. The molecule has 5 heavy (non-hydrogen) atoms. The van der Waals surface area contributed by atoms with E-state index >= 15 is 0 Å². The van der Waals surface area contributed by atoms with Crippen molar-refractivity contribution in [2.75, 3.05) is 0 Å². The molecule has 0 bridgehead atoms. The van der Waals surface area contributed by atoms with Gasteiger partial charge >= 0.3 is 0 Å². The van der Waals surface area contributed by atoms with Gasteiger partial charge in [0.05, 0.1) is 0 Å². The molecular formula is CH2BIO2. The van der Waals surface area contributed by atoms with E-state index in [1.54, 1.807) is 0 Å². The third kappa shape index (κ3) is 4.26. The van der Waals surface area contributed by atoms with E-state index in [1.807, 2.05) is 0 Å². The Hall–Kier alpha value is 0.265. The Morgan fingerprint density at radius 3 is 2.20 bits per heavy atom. The fourth-order valence-corrected chi connectivity index (χ4v) is 0. The predicted molar refractivity (Wildman–Crippen MR) is 29.0 cm³/mol. The molecule has 0 aliphatic heterocycles. The van der Waals surface area contributed by atoms with Gasteiger partial charge in [0, 0.05) is 0 Å². The lowest BCUT2D eigenvalue weighted by Gasteiger charge is -1.76. The van der Waals surface area contributed by atoms with Crippen LogP contribution >= 0.6 is 23.0 Å². The van der Waals surface area contributed by atoms with E-state index in [1.165, 1.54) is 30.9 Å². The molecular weight excluding hydrogens is 182 g/mol. The minimum absolute atomic E-state index is 0.259. The molecule has 0 aliphatic rings. The zero-order chi connectivity index (χ0) is 4.28. The van der Waals surface area contributed by atoms with E-state index < -0.39 is 0 Å². The third-order valence-corrected chi connectivity index (χ3v) is 0.729. The molecule has 0 aromatic heterocycles. The smallest absolute Gasteiger partial charge is 0.253 e. The van der Waals surface area contributed by atoms with Crippen molar-refractivity contribution in [2.45, 2.75) is 0 Å². The minimum Gasteiger partial charge on any atom is -0.404 e. The van der Waals surface area contributed by atoms with Crippen LogP contribution < -0.4 is 0 Å². The van der Waals surface area contributed by atoms with E-state index in [4.69, 9.17) is 0 Å². The van der Waals surface area contributed by atoms with E-state index in [9.17, 15) is 4.79 Å². The van der Waals surface area contributed by atoms with Crippen molar-refractivity contribution in [3.8, 4) is 0 Å². The molecule has 0 spiro atoms. The highest BCUT2D eigenvalue weighted by Gasteiger charge is 1.79.